The van der Waals surface area contributed by atoms with E-state index in [0.29, 0.717) is 18.7 Å². The van der Waals surface area contributed by atoms with E-state index in [9.17, 15) is 9.59 Å². The van der Waals surface area contributed by atoms with Gasteiger partial charge in [-0.15, -0.1) is 0 Å². The quantitative estimate of drug-likeness (QED) is 0.466. The van der Waals surface area contributed by atoms with Crippen molar-refractivity contribution in [2.24, 2.45) is 0 Å². The number of carbonyl (C=O) groups excluding carboxylic acids is 1. The van der Waals surface area contributed by atoms with Crippen LogP contribution in [0.5, 0.6) is 0 Å². The van der Waals surface area contributed by atoms with Crippen molar-refractivity contribution in [1.82, 2.24) is 10.6 Å². The second-order valence-electron chi connectivity index (χ2n) is 5.09. The minimum Gasteiger partial charge on any atom is -0.481 e. The largest absolute Gasteiger partial charge is 0.481 e. The summed E-state index contributed by atoms with van der Waals surface area (Å²) in [6.07, 6.45) is 2.26. The molecule has 108 valence electrons. The summed E-state index contributed by atoms with van der Waals surface area (Å²) in [6.45, 7) is 0.352. The smallest absolute Gasteiger partial charge is 0.315 e. The van der Waals surface area contributed by atoms with Gasteiger partial charge in [0.25, 0.3) is 0 Å². The third-order valence-electron chi connectivity index (χ3n) is 3.39. The fourth-order valence-corrected chi connectivity index (χ4v) is 2.15. The Hall–Kier alpha value is -2.24. The molecular weight excluding hydrogens is 258 g/mol. The van der Waals surface area contributed by atoms with Gasteiger partial charge in [0.15, 0.2) is 0 Å². The molecule has 1 aliphatic rings. The number of aliphatic carboxylic acids is 1. The van der Waals surface area contributed by atoms with Crippen molar-refractivity contribution in [3.05, 3.63) is 29.8 Å². The molecule has 0 aromatic heterocycles. The number of anilines is 1. The molecule has 0 aliphatic heterocycles. The predicted molar refractivity (Wildman–Crippen MR) is 75.2 cm³/mol. The van der Waals surface area contributed by atoms with Crippen molar-refractivity contribution in [1.29, 1.82) is 0 Å². The van der Waals surface area contributed by atoms with Crippen molar-refractivity contribution in [3.8, 4) is 0 Å². The fraction of sp³-hybridized carbons (Fsp3) is 0.429. The molecule has 1 saturated carbocycles. The summed E-state index contributed by atoms with van der Waals surface area (Å²) in [5.41, 5.74) is 7.13. The van der Waals surface area contributed by atoms with Crippen molar-refractivity contribution in [2.45, 2.75) is 31.2 Å². The standard InChI is InChI=1S/C14H19N3O3/c15-11-4-1-3-10(9-11)14(6-7-14)17-13(20)16-8-2-5-12(18)19/h1,3-4,9H,2,5-8,15H2,(H,18,19)(H2,16,17,20). The zero-order chi connectivity index (χ0) is 14.6. The summed E-state index contributed by atoms with van der Waals surface area (Å²) in [5.74, 6) is -0.856. The molecule has 1 fully saturated rings. The molecule has 0 radical (unpaired) electrons. The van der Waals surface area contributed by atoms with Gasteiger partial charge in [0.05, 0.1) is 5.54 Å². The van der Waals surface area contributed by atoms with Gasteiger partial charge in [-0.1, -0.05) is 12.1 Å². The minimum atomic E-state index is -0.856. The molecule has 1 aromatic rings. The fourth-order valence-electron chi connectivity index (χ4n) is 2.15. The highest BCUT2D eigenvalue weighted by molar-refractivity contribution is 5.76. The van der Waals surface area contributed by atoms with Crippen molar-refractivity contribution < 1.29 is 14.7 Å². The van der Waals surface area contributed by atoms with Crippen molar-refractivity contribution in [2.75, 3.05) is 12.3 Å². The molecule has 1 aromatic carbocycles. The summed E-state index contributed by atoms with van der Waals surface area (Å²) in [7, 11) is 0. The van der Waals surface area contributed by atoms with E-state index in [1.54, 1.807) is 0 Å². The van der Waals surface area contributed by atoms with Crippen LogP contribution in [-0.4, -0.2) is 23.7 Å². The first kappa shape index (κ1) is 14.2. The maximum absolute atomic E-state index is 11.8. The monoisotopic (exact) mass is 277 g/mol. The lowest BCUT2D eigenvalue weighted by atomic mass is 10.0. The lowest BCUT2D eigenvalue weighted by molar-refractivity contribution is -0.137. The van der Waals surface area contributed by atoms with Crippen LogP contribution < -0.4 is 16.4 Å². The molecule has 0 heterocycles. The summed E-state index contributed by atoms with van der Waals surface area (Å²) >= 11 is 0. The topological polar surface area (TPSA) is 104 Å². The normalized spacial score (nSPS) is 15.4. The Labute approximate surface area is 117 Å². The zero-order valence-corrected chi connectivity index (χ0v) is 11.2. The van der Waals surface area contributed by atoms with E-state index in [1.165, 1.54) is 0 Å². The Balaban J connectivity index is 1.83. The number of nitrogen functional groups attached to an aromatic ring is 1. The van der Waals surface area contributed by atoms with Crippen LogP contribution in [0.15, 0.2) is 24.3 Å². The lowest BCUT2D eigenvalue weighted by Crippen LogP contribution is -2.42. The molecular formula is C14H19N3O3. The van der Waals surface area contributed by atoms with E-state index in [0.717, 1.165) is 18.4 Å². The van der Waals surface area contributed by atoms with Crippen LogP contribution in [0, 0.1) is 0 Å². The molecule has 0 unspecified atom stereocenters. The molecule has 0 bridgehead atoms. The maximum atomic E-state index is 11.8. The molecule has 2 rings (SSSR count). The highest BCUT2D eigenvalue weighted by atomic mass is 16.4. The van der Waals surface area contributed by atoms with Crippen LogP contribution in [-0.2, 0) is 10.3 Å². The van der Waals surface area contributed by atoms with Gasteiger partial charge in [0, 0.05) is 18.7 Å². The van der Waals surface area contributed by atoms with Crippen molar-refractivity contribution in [3.63, 3.8) is 0 Å². The van der Waals surface area contributed by atoms with Gasteiger partial charge in [0.2, 0.25) is 0 Å². The van der Waals surface area contributed by atoms with Gasteiger partial charge in [-0.05, 0) is 37.0 Å². The number of carboxylic acids is 1. The first-order valence-corrected chi connectivity index (χ1v) is 6.66. The Morgan fingerprint density at radius 3 is 2.70 bits per heavy atom. The number of carbonyl (C=O) groups is 2. The summed E-state index contributed by atoms with van der Waals surface area (Å²) in [6, 6.07) is 7.24. The summed E-state index contributed by atoms with van der Waals surface area (Å²) < 4.78 is 0. The molecule has 6 nitrogen and oxygen atoms in total. The number of benzene rings is 1. The Bertz CT molecular complexity index is 512. The van der Waals surface area contributed by atoms with Crippen LogP contribution in [0.2, 0.25) is 0 Å². The number of hydrogen-bond donors (Lipinski definition) is 4. The van der Waals surface area contributed by atoms with Crippen LogP contribution in [0.4, 0.5) is 10.5 Å². The van der Waals surface area contributed by atoms with Gasteiger partial charge < -0.3 is 21.5 Å². The molecule has 2 amide bonds. The number of hydrogen-bond acceptors (Lipinski definition) is 3. The summed E-state index contributed by atoms with van der Waals surface area (Å²) in [4.78, 5) is 22.2. The van der Waals surface area contributed by atoms with Crippen LogP contribution in [0.25, 0.3) is 0 Å². The van der Waals surface area contributed by atoms with E-state index in [1.807, 2.05) is 24.3 Å². The number of urea groups is 1. The lowest BCUT2D eigenvalue weighted by Gasteiger charge is -2.18. The number of amides is 2. The average molecular weight is 277 g/mol. The molecule has 0 spiro atoms. The predicted octanol–water partition coefficient (Wildman–Crippen LogP) is 1.42. The third-order valence-corrected chi connectivity index (χ3v) is 3.39. The second-order valence-corrected chi connectivity index (χ2v) is 5.09. The van der Waals surface area contributed by atoms with Gasteiger partial charge >= 0.3 is 12.0 Å². The van der Waals surface area contributed by atoms with E-state index in [-0.39, 0.29) is 18.0 Å². The van der Waals surface area contributed by atoms with E-state index in [4.69, 9.17) is 10.8 Å². The van der Waals surface area contributed by atoms with E-state index >= 15 is 0 Å². The maximum Gasteiger partial charge on any atom is 0.315 e. The number of carboxylic acid groups (broad SMARTS) is 1. The molecule has 20 heavy (non-hydrogen) atoms. The van der Waals surface area contributed by atoms with Gasteiger partial charge in [-0.2, -0.15) is 0 Å². The SMILES string of the molecule is Nc1cccc(C2(NC(=O)NCCCC(=O)O)CC2)c1. The van der Waals surface area contributed by atoms with E-state index < -0.39 is 5.97 Å². The number of nitrogens with one attached hydrogen (secondary N) is 2. The first-order chi connectivity index (χ1) is 9.52. The van der Waals surface area contributed by atoms with Gasteiger partial charge in [-0.25, -0.2) is 4.79 Å². The number of nitrogens with two attached hydrogens (primary N) is 1. The van der Waals surface area contributed by atoms with Crippen LogP contribution >= 0.6 is 0 Å². The Morgan fingerprint density at radius 1 is 1.35 bits per heavy atom. The summed E-state index contributed by atoms with van der Waals surface area (Å²) in [5, 5.41) is 14.1. The Morgan fingerprint density at radius 2 is 2.10 bits per heavy atom. The minimum absolute atomic E-state index is 0.0562. The average Bonchev–Trinajstić information content (AvgIpc) is 3.15. The Kier molecular flexibility index (Phi) is 4.12. The molecule has 0 atom stereocenters. The molecule has 5 N–H and O–H groups in total. The number of rotatable bonds is 6. The van der Waals surface area contributed by atoms with E-state index in [2.05, 4.69) is 10.6 Å². The highest BCUT2D eigenvalue weighted by Crippen LogP contribution is 2.45. The first-order valence-electron chi connectivity index (χ1n) is 6.66. The van der Waals surface area contributed by atoms with Gasteiger partial charge in [0.1, 0.15) is 0 Å². The van der Waals surface area contributed by atoms with Crippen molar-refractivity contribution >= 4 is 17.7 Å². The molecule has 6 heteroatoms. The van der Waals surface area contributed by atoms with Crippen LogP contribution in [0.3, 0.4) is 0 Å². The zero-order valence-electron chi connectivity index (χ0n) is 11.2. The molecule has 1 aliphatic carbocycles. The molecule has 0 saturated heterocycles. The van der Waals surface area contributed by atoms with Crippen LogP contribution in [0.1, 0.15) is 31.2 Å². The highest BCUT2D eigenvalue weighted by Gasteiger charge is 2.45. The van der Waals surface area contributed by atoms with Gasteiger partial charge in [-0.3, -0.25) is 4.79 Å². The third kappa shape index (κ3) is 3.63. The second kappa shape index (κ2) is 5.81.